The molecule has 0 saturated carbocycles. The maximum Gasteiger partial charge on any atom is 0.256 e. The molecule has 0 atom stereocenters. The molecule has 0 radical (unpaired) electrons. The molecule has 2 aromatic heterocycles. The lowest BCUT2D eigenvalue weighted by atomic mass is 10.1. The maximum absolute atomic E-state index is 12.8. The third-order valence-electron chi connectivity index (χ3n) is 5.02. The summed E-state index contributed by atoms with van der Waals surface area (Å²) < 4.78 is 4.58. The molecule has 0 saturated heterocycles. The Balaban J connectivity index is 1.47. The lowest BCUT2D eigenvalue weighted by molar-refractivity contribution is 0.102. The van der Waals surface area contributed by atoms with Crippen LogP contribution in [0.3, 0.4) is 0 Å². The average molecular weight is 533 g/mol. The molecule has 1 amide bonds. The first-order valence-corrected chi connectivity index (χ1v) is 11.4. The first kappa shape index (κ1) is 22.6. The molecule has 4 rings (SSSR count). The Hall–Kier alpha value is -2.61. The van der Waals surface area contributed by atoms with Gasteiger partial charge in [-0.25, -0.2) is 0 Å². The fourth-order valence-electron chi connectivity index (χ4n) is 3.33. The van der Waals surface area contributed by atoms with Crippen LogP contribution < -0.4 is 5.32 Å². The highest BCUT2D eigenvalue weighted by molar-refractivity contribution is 9.10. The summed E-state index contributed by atoms with van der Waals surface area (Å²) in [5, 5.41) is 12.8. The molecule has 0 bridgehead atoms. The van der Waals surface area contributed by atoms with Gasteiger partial charge in [0, 0.05) is 16.8 Å². The standard InChI is InChI=1S/C23H20BrCl2N5O/c1-14-21(24)15(2)31(28-14)12-17-4-3-5-18(10-17)23(32)27-22-20(26)13-30(29-22)11-16-6-8-19(25)9-7-16/h3-10,13H,11-12H2,1-2H3,(H,27,29,32). The van der Waals surface area contributed by atoms with Gasteiger partial charge in [0.1, 0.15) is 5.02 Å². The summed E-state index contributed by atoms with van der Waals surface area (Å²) in [6.07, 6.45) is 1.68. The molecular weight excluding hydrogens is 513 g/mol. The summed E-state index contributed by atoms with van der Waals surface area (Å²) in [6.45, 7) is 5.03. The number of halogens is 3. The Kier molecular flexibility index (Phi) is 6.69. The molecule has 0 aliphatic carbocycles. The van der Waals surface area contributed by atoms with E-state index in [0.29, 0.717) is 34.5 Å². The van der Waals surface area contributed by atoms with E-state index in [-0.39, 0.29) is 5.91 Å². The Bertz CT molecular complexity index is 1280. The van der Waals surface area contributed by atoms with Crippen LogP contribution in [0.25, 0.3) is 0 Å². The molecule has 0 aliphatic heterocycles. The second-order valence-corrected chi connectivity index (χ2v) is 9.08. The van der Waals surface area contributed by atoms with Crippen molar-refractivity contribution >= 4 is 50.9 Å². The molecule has 32 heavy (non-hydrogen) atoms. The van der Waals surface area contributed by atoms with Gasteiger partial charge in [-0.2, -0.15) is 10.2 Å². The summed E-state index contributed by atoms with van der Waals surface area (Å²) in [4.78, 5) is 12.8. The van der Waals surface area contributed by atoms with Crippen LogP contribution in [-0.4, -0.2) is 25.5 Å². The lowest BCUT2D eigenvalue weighted by Crippen LogP contribution is -2.14. The van der Waals surface area contributed by atoms with Crippen molar-refractivity contribution in [3.05, 3.63) is 97.3 Å². The smallest absolute Gasteiger partial charge is 0.256 e. The van der Waals surface area contributed by atoms with Crippen molar-refractivity contribution in [2.45, 2.75) is 26.9 Å². The van der Waals surface area contributed by atoms with Crippen LogP contribution in [0.15, 0.2) is 59.2 Å². The zero-order chi connectivity index (χ0) is 22.8. The second-order valence-electron chi connectivity index (χ2n) is 7.45. The van der Waals surface area contributed by atoms with E-state index < -0.39 is 0 Å². The number of hydrogen-bond acceptors (Lipinski definition) is 3. The van der Waals surface area contributed by atoms with E-state index in [1.165, 1.54) is 0 Å². The molecule has 6 nitrogen and oxygen atoms in total. The van der Waals surface area contributed by atoms with Crippen LogP contribution in [-0.2, 0) is 13.1 Å². The number of aryl methyl sites for hydroxylation is 1. The number of nitrogens with one attached hydrogen (secondary N) is 1. The summed E-state index contributed by atoms with van der Waals surface area (Å²) in [6, 6.07) is 14.9. The fourth-order valence-corrected chi connectivity index (χ4v) is 3.94. The number of aromatic nitrogens is 4. The van der Waals surface area contributed by atoms with E-state index in [9.17, 15) is 4.79 Å². The van der Waals surface area contributed by atoms with Gasteiger partial charge in [-0.05, 0) is 65.2 Å². The monoisotopic (exact) mass is 531 g/mol. The minimum Gasteiger partial charge on any atom is -0.304 e. The van der Waals surface area contributed by atoms with Gasteiger partial charge in [-0.15, -0.1) is 0 Å². The van der Waals surface area contributed by atoms with E-state index in [0.717, 1.165) is 27.0 Å². The van der Waals surface area contributed by atoms with E-state index in [4.69, 9.17) is 23.2 Å². The van der Waals surface area contributed by atoms with Crippen molar-refractivity contribution in [3.8, 4) is 0 Å². The van der Waals surface area contributed by atoms with Gasteiger partial charge < -0.3 is 5.32 Å². The van der Waals surface area contributed by atoms with E-state index in [1.807, 2.05) is 61.0 Å². The normalized spacial score (nSPS) is 11.0. The third kappa shape index (κ3) is 5.06. The largest absolute Gasteiger partial charge is 0.304 e. The fraction of sp³-hybridized carbons (Fsp3) is 0.174. The molecular formula is C23H20BrCl2N5O. The molecule has 9 heteroatoms. The molecule has 0 spiro atoms. The Labute approximate surface area is 204 Å². The number of anilines is 1. The number of nitrogens with zero attached hydrogens (tertiary/aromatic N) is 4. The number of rotatable bonds is 6. The van der Waals surface area contributed by atoms with Crippen molar-refractivity contribution in [2.24, 2.45) is 0 Å². The highest BCUT2D eigenvalue weighted by Gasteiger charge is 2.14. The Morgan fingerprint density at radius 3 is 2.47 bits per heavy atom. The zero-order valence-electron chi connectivity index (χ0n) is 17.4. The predicted molar refractivity (Wildman–Crippen MR) is 131 cm³/mol. The first-order valence-electron chi connectivity index (χ1n) is 9.87. The molecule has 4 aromatic rings. The second kappa shape index (κ2) is 9.48. The summed E-state index contributed by atoms with van der Waals surface area (Å²) in [5.41, 5.74) is 4.48. The number of carbonyl (C=O) groups excluding carboxylic acids is 1. The lowest BCUT2D eigenvalue weighted by Gasteiger charge is -2.08. The number of hydrogen-bond donors (Lipinski definition) is 1. The van der Waals surface area contributed by atoms with E-state index in [1.54, 1.807) is 16.9 Å². The third-order valence-corrected chi connectivity index (χ3v) is 6.70. The van der Waals surface area contributed by atoms with Crippen LogP contribution in [0.1, 0.15) is 32.9 Å². The molecule has 2 aromatic carbocycles. The summed E-state index contributed by atoms with van der Waals surface area (Å²) in [7, 11) is 0. The van der Waals surface area contributed by atoms with Crippen molar-refractivity contribution in [1.82, 2.24) is 19.6 Å². The predicted octanol–water partition coefficient (Wildman–Crippen LogP) is 6.11. The Morgan fingerprint density at radius 2 is 1.78 bits per heavy atom. The Morgan fingerprint density at radius 1 is 1.03 bits per heavy atom. The van der Waals surface area contributed by atoms with Gasteiger partial charge >= 0.3 is 0 Å². The number of benzene rings is 2. The summed E-state index contributed by atoms with van der Waals surface area (Å²) in [5.74, 6) is 0.0403. The minimum absolute atomic E-state index is 0.278. The molecule has 2 heterocycles. The molecule has 1 N–H and O–H groups in total. The van der Waals surface area contributed by atoms with Crippen LogP contribution >= 0.6 is 39.1 Å². The van der Waals surface area contributed by atoms with Gasteiger partial charge in [0.15, 0.2) is 5.82 Å². The van der Waals surface area contributed by atoms with Crippen molar-refractivity contribution in [1.29, 1.82) is 0 Å². The van der Waals surface area contributed by atoms with Gasteiger partial charge in [0.25, 0.3) is 5.91 Å². The van der Waals surface area contributed by atoms with Gasteiger partial charge in [-0.1, -0.05) is 47.5 Å². The van der Waals surface area contributed by atoms with Crippen molar-refractivity contribution < 1.29 is 4.79 Å². The molecule has 0 fully saturated rings. The van der Waals surface area contributed by atoms with Crippen molar-refractivity contribution in [2.75, 3.05) is 5.32 Å². The van der Waals surface area contributed by atoms with Crippen LogP contribution in [0.2, 0.25) is 10.0 Å². The van der Waals surface area contributed by atoms with Crippen molar-refractivity contribution in [3.63, 3.8) is 0 Å². The van der Waals surface area contributed by atoms with E-state index >= 15 is 0 Å². The SMILES string of the molecule is Cc1nn(Cc2cccc(C(=O)Nc3nn(Cc4ccc(Cl)cc4)cc3Cl)c2)c(C)c1Br. The maximum atomic E-state index is 12.8. The van der Waals surface area contributed by atoms with E-state index in [2.05, 4.69) is 31.4 Å². The van der Waals surface area contributed by atoms with Crippen LogP contribution in [0.5, 0.6) is 0 Å². The average Bonchev–Trinajstić information content (AvgIpc) is 3.23. The topological polar surface area (TPSA) is 64.7 Å². The van der Waals surface area contributed by atoms with Gasteiger partial charge in [0.2, 0.25) is 0 Å². The number of carbonyl (C=O) groups is 1. The van der Waals surface area contributed by atoms with Gasteiger partial charge in [-0.3, -0.25) is 14.2 Å². The van der Waals surface area contributed by atoms with Gasteiger partial charge in [0.05, 0.1) is 29.0 Å². The molecule has 0 aliphatic rings. The quantitative estimate of drug-likeness (QED) is 0.325. The highest BCUT2D eigenvalue weighted by Crippen LogP contribution is 2.23. The first-order chi connectivity index (χ1) is 15.3. The minimum atomic E-state index is -0.278. The highest BCUT2D eigenvalue weighted by atomic mass is 79.9. The van der Waals surface area contributed by atoms with Crippen LogP contribution in [0.4, 0.5) is 5.82 Å². The molecule has 164 valence electrons. The zero-order valence-corrected chi connectivity index (χ0v) is 20.5. The summed E-state index contributed by atoms with van der Waals surface area (Å²) >= 11 is 15.8. The molecule has 0 unspecified atom stereocenters. The van der Waals surface area contributed by atoms with Crippen LogP contribution in [0, 0.1) is 13.8 Å². The number of amides is 1.